The maximum Gasteiger partial charge on any atom is 0.389 e. The Morgan fingerprint density at radius 3 is 2.10 bits per heavy atom. The predicted molar refractivity (Wildman–Crippen MR) is 74.0 cm³/mol. The van der Waals surface area contributed by atoms with E-state index in [4.69, 9.17) is 10.9 Å². The molecule has 21 heavy (non-hydrogen) atoms. The van der Waals surface area contributed by atoms with Crippen LogP contribution in [0.1, 0.15) is 52.4 Å². The molecule has 0 aliphatic rings. The molecule has 0 spiro atoms. The summed E-state index contributed by atoms with van der Waals surface area (Å²) in [6.45, 7) is 3.62. The van der Waals surface area contributed by atoms with Gasteiger partial charge in [-0.25, -0.2) is 0 Å². The zero-order valence-corrected chi connectivity index (χ0v) is 12.5. The number of amidine groups is 1. The summed E-state index contributed by atoms with van der Waals surface area (Å²) in [5.74, 6) is -0.678. The number of carbonyl (C=O) groups is 1. The number of carbonyl (C=O) groups excluding carboxylic acids is 1. The molecule has 4 N–H and O–H groups in total. The minimum Gasteiger partial charge on any atom is -0.409 e. The Morgan fingerprint density at radius 2 is 1.71 bits per heavy atom. The van der Waals surface area contributed by atoms with Crippen LogP contribution in [0, 0.1) is 5.41 Å². The molecule has 0 saturated carbocycles. The molecule has 0 aliphatic carbocycles. The van der Waals surface area contributed by atoms with E-state index in [0.29, 0.717) is 25.7 Å². The highest BCUT2D eigenvalue weighted by atomic mass is 19.4. The molecule has 0 rings (SSSR count). The summed E-state index contributed by atoms with van der Waals surface area (Å²) < 4.78 is 36.2. The summed E-state index contributed by atoms with van der Waals surface area (Å²) in [4.78, 5) is 12.3. The van der Waals surface area contributed by atoms with Crippen LogP contribution in [0.2, 0.25) is 0 Å². The summed E-state index contributed by atoms with van der Waals surface area (Å²) in [5, 5.41) is 14.3. The van der Waals surface area contributed by atoms with Crippen molar-refractivity contribution in [3.05, 3.63) is 0 Å². The lowest BCUT2D eigenvalue weighted by Crippen LogP contribution is -2.50. The molecule has 1 amide bonds. The van der Waals surface area contributed by atoms with Crippen molar-refractivity contribution in [2.45, 2.75) is 58.5 Å². The van der Waals surface area contributed by atoms with Gasteiger partial charge in [-0.2, -0.15) is 13.2 Å². The van der Waals surface area contributed by atoms with Crippen LogP contribution in [-0.2, 0) is 4.79 Å². The van der Waals surface area contributed by atoms with Gasteiger partial charge >= 0.3 is 6.18 Å². The summed E-state index contributed by atoms with van der Waals surface area (Å²) >= 11 is 0. The van der Waals surface area contributed by atoms with Crippen LogP contribution in [0.5, 0.6) is 0 Å². The fourth-order valence-electron chi connectivity index (χ4n) is 2.33. The monoisotopic (exact) mass is 311 g/mol. The SMILES string of the molecule is CCCC(CCC)(C(=O)NCCCC(F)(F)F)C(N)=NO. The van der Waals surface area contributed by atoms with Gasteiger partial charge in [0.1, 0.15) is 5.41 Å². The Morgan fingerprint density at radius 1 is 1.19 bits per heavy atom. The minimum atomic E-state index is -4.24. The molecule has 0 unspecified atom stereocenters. The number of nitrogens with two attached hydrogens (primary N) is 1. The molecule has 0 radical (unpaired) electrons. The van der Waals surface area contributed by atoms with Gasteiger partial charge in [0.15, 0.2) is 5.84 Å². The zero-order valence-electron chi connectivity index (χ0n) is 12.5. The molecule has 0 fully saturated rings. The summed E-state index contributed by atoms with van der Waals surface area (Å²) in [5.41, 5.74) is 4.50. The fraction of sp³-hybridized carbons (Fsp3) is 0.846. The van der Waals surface area contributed by atoms with Gasteiger partial charge in [0.05, 0.1) is 0 Å². The molecular formula is C13H24F3N3O2. The van der Waals surface area contributed by atoms with E-state index in [9.17, 15) is 18.0 Å². The molecule has 124 valence electrons. The summed E-state index contributed by atoms with van der Waals surface area (Å²) in [6, 6.07) is 0. The Hall–Kier alpha value is -1.47. The standard InChI is InChI=1S/C13H24F3N3O2/c1-3-6-12(7-4-2,10(17)19-21)11(20)18-9-5-8-13(14,15)16/h21H,3-9H2,1-2H3,(H2,17,19)(H,18,20). The molecule has 0 atom stereocenters. The number of hydrogen-bond donors (Lipinski definition) is 3. The van der Waals surface area contributed by atoms with Crippen molar-refractivity contribution in [3.63, 3.8) is 0 Å². The van der Waals surface area contributed by atoms with Crippen LogP contribution in [0.25, 0.3) is 0 Å². The van der Waals surface area contributed by atoms with Crippen LogP contribution in [0.3, 0.4) is 0 Å². The molecular weight excluding hydrogens is 287 g/mol. The average molecular weight is 311 g/mol. The molecule has 0 aromatic heterocycles. The maximum atomic E-state index is 12.3. The Balaban J connectivity index is 4.79. The largest absolute Gasteiger partial charge is 0.409 e. The Bertz CT molecular complexity index is 351. The smallest absolute Gasteiger partial charge is 0.389 e. The highest BCUT2D eigenvalue weighted by molar-refractivity contribution is 6.06. The molecule has 0 heterocycles. The van der Waals surface area contributed by atoms with Gasteiger partial charge in [-0.3, -0.25) is 4.79 Å². The third kappa shape index (κ3) is 6.22. The molecule has 0 aromatic rings. The van der Waals surface area contributed by atoms with Crippen molar-refractivity contribution in [2.24, 2.45) is 16.3 Å². The van der Waals surface area contributed by atoms with Crippen LogP contribution >= 0.6 is 0 Å². The van der Waals surface area contributed by atoms with Gasteiger partial charge in [0.2, 0.25) is 5.91 Å². The van der Waals surface area contributed by atoms with Crippen molar-refractivity contribution >= 4 is 11.7 Å². The van der Waals surface area contributed by atoms with Crippen LogP contribution in [0.15, 0.2) is 5.16 Å². The number of alkyl halides is 3. The molecule has 0 aliphatic heterocycles. The van der Waals surface area contributed by atoms with E-state index in [1.54, 1.807) is 0 Å². The normalized spacial score (nSPS) is 13.3. The molecule has 0 aromatic carbocycles. The first kappa shape index (κ1) is 19.5. The second-order valence-electron chi connectivity index (χ2n) is 5.04. The first-order chi connectivity index (χ1) is 9.73. The van der Waals surface area contributed by atoms with Crippen molar-refractivity contribution < 1.29 is 23.2 Å². The van der Waals surface area contributed by atoms with E-state index >= 15 is 0 Å². The topological polar surface area (TPSA) is 87.7 Å². The Kier molecular flexibility index (Phi) is 8.12. The second-order valence-corrected chi connectivity index (χ2v) is 5.04. The van der Waals surface area contributed by atoms with E-state index in [1.165, 1.54) is 0 Å². The maximum absolute atomic E-state index is 12.3. The number of rotatable bonds is 9. The van der Waals surface area contributed by atoms with Crippen molar-refractivity contribution in [2.75, 3.05) is 6.54 Å². The van der Waals surface area contributed by atoms with Gasteiger partial charge in [0.25, 0.3) is 0 Å². The van der Waals surface area contributed by atoms with Gasteiger partial charge < -0.3 is 16.3 Å². The van der Waals surface area contributed by atoms with Crippen molar-refractivity contribution in [3.8, 4) is 0 Å². The highest BCUT2D eigenvalue weighted by Gasteiger charge is 2.41. The van der Waals surface area contributed by atoms with Gasteiger partial charge in [-0.1, -0.05) is 31.8 Å². The summed E-state index contributed by atoms with van der Waals surface area (Å²) in [6.07, 6.45) is -3.37. The van der Waals surface area contributed by atoms with Gasteiger partial charge in [-0.15, -0.1) is 0 Å². The van der Waals surface area contributed by atoms with Gasteiger partial charge in [0, 0.05) is 13.0 Å². The number of amides is 1. The van der Waals surface area contributed by atoms with E-state index < -0.39 is 23.9 Å². The van der Waals surface area contributed by atoms with E-state index in [0.717, 1.165) is 0 Å². The fourth-order valence-corrected chi connectivity index (χ4v) is 2.33. The lowest BCUT2D eigenvalue weighted by molar-refractivity contribution is -0.137. The van der Waals surface area contributed by atoms with E-state index in [2.05, 4.69) is 10.5 Å². The number of halogens is 3. The second kappa shape index (κ2) is 8.74. The van der Waals surface area contributed by atoms with Crippen LogP contribution < -0.4 is 11.1 Å². The molecule has 0 saturated heterocycles. The summed E-state index contributed by atoms with van der Waals surface area (Å²) in [7, 11) is 0. The van der Waals surface area contributed by atoms with E-state index in [1.807, 2.05) is 13.8 Å². The quantitative estimate of drug-likeness (QED) is 0.201. The number of nitrogens with zero attached hydrogens (tertiary/aromatic N) is 1. The third-order valence-corrected chi connectivity index (χ3v) is 3.31. The predicted octanol–water partition coefficient (Wildman–Crippen LogP) is 2.78. The Labute approximate surface area is 122 Å². The zero-order chi connectivity index (χ0) is 16.5. The minimum absolute atomic E-state index is 0.0910. The van der Waals surface area contributed by atoms with Crippen molar-refractivity contribution in [1.82, 2.24) is 5.32 Å². The molecule has 8 heteroatoms. The number of hydrogen-bond acceptors (Lipinski definition) is 3. The lowest BCUT2D eigenvalue weighted by atomic mass is 9.77. The highest BCUT2D eigenvalue weighted by Crippen LogP contribution is 2.31. The van der Waals surface area contributed by atoms with Gasteiger partial charge in [-0.05, 0) is 19.3 Å². The molecule has 5 nitrogen and oxygen atoms in total. The third-order valence-electron chi connectivity index (χ3n) is 3.31. The first-order valence-corrected chi connectivity index (χ1v) is 7.06. The van der Waals surface area contributed by atoms with Crippen molar-refractivity contribution in [1.29, 1.82) is 0 Å². The average Bonchev–Trinajstić information content (AvgIpc) is 2.40. The number of oxime groups is 1. The lowest BCUT2D eigenvalue weighted by Gasteiger charge is -2.30. The number of nitrogens with one attached hydrogen (secondary N) is 1. The first-order valence-electron chi connectivity index (χ1n) is 7.06. The van der Waals surface area contributed by atoms with Crippen LogP contribution in [0.4, 0.5) is 13.2 Å². The van der Waals surface area contributed by atoms with Crippen LogP contribution in [-0.4, -0.2) is 29.7 Å². The molecule has 0 bridgehead atoms. The van der Waals surface area contributed by atoms with E-state index in [-0.39, 0.29) is 18.8 Å².